The van der Waals surface area contributed by atoms with Crippen molar-refractivity contribution in [3.05, 3.63) is 25.3 Å². The monoisotopic (exact) mass is 327 g/mol. The predicted molar refractivity (Wildman–Crippen MR) is 84.5 cm³/mol. The summed E-state index contributed by atoms with van der Waals surface area (Å²) in [4.78, 5) is 35.3. The highest BCUT2D eigenvalue weighted by molar-refractivity contribution is 5.81. The Bertz CT molecular complexity index is 393. The van der Waals surface area contributed by atoms with E-state index in [0.29, 0.717) is 19.6 Å². The maximum atomic E-state index is 11.4. The third-order valence-corrected chi connectivity index (χ3v) is 2.76. The predicted octanol–water partition coefficient (Wildman–Crippen LogP) is 0.946. The van der Waals surface area contributed by atoms with E-state index in [-0.39, 0.29) is 31.7 Å². The first-order valence-electron chi connectivity index (χ1n) is 7.38. The van der Waals surface area contributed by atoms with Crippen molar-refractivity contribution in [1.29, 1.82) is 0 Å². The van der Waals surface area contributed by atoms with Crippen LogP contribution in [0.2, 0.25) is 0 Å². The Kier molecular flexibility index (Phi) is 11.2. The summed E-state index contributed by atoms with van der Waals surface area (Å²) < 4.78 is 14.9. The van der Waals surface area contributed by atoms with Crippen LogP contribution in [0.4, 0.5) is 0 Å². The number of nitrogens with zero attached hydrogens (tertiary/aromatic N) is 1. The second-order valence-electron chi connectivity index (χ2n) is 4.91. The van der Waals surface area contributed by atoms with Gasteiger partial charge in [0.05, 0.1) is 5.92 Å². The minimum absolute atomic E-state index is 0.165. The molecular weight excluding hydrogens is 302 g/mol. The molecule has 0 bridgehead atoms. The zero-order chi connectivity index (χ0) is 17.7. The first kappa shape index (κ1) is 20.9. The normalized spacial score (nSPS) is 10.3. The molecule has 0 N–H and O–H groups in total. The van der Waals surface area contributed by atoms with E-state index < -0.39 is 11.9 Å². The molecule has 7 heteroatoms. The summed E-state index contributed by atoms with van der Waals surface area (Å²) in [6, 6.07) is 0. The molecule has 130 valence electrons. The molecule has 0 saturated heterocycles. The lowest BCUT2D eigenvalue weighted by atomic mass is 10.2. The zero-order valence-electron chi connectivity index (χ0n) is 13.8. The molecule has 0 aromatic rings. The number of carbonyl (C=O) groups is 3. The molecular formula is C16H25NO6. The van der Waals surface area contributed by atoms with E-state index in [1.807, 2.05) is 4.90 Å². The zero-order valence-corrected chi connectivity index (χ0v) is 13.8. The van der Waals surface area contributed by atoms with Crippen LogP contribution < -0.4 is 0 Å². The van der Waals surface area contributed by atoms with Crippen molar-refractivity contribution in [1.82, 2.24) is 4.90 Å². The second kappa shape index (κ2) is 12.4. The van der Waals surface area contributed by atoms with Crippen molar-refractivity contribution in [2.75, 3.05) is 39.5 Å². The minimum atomic E-state index is -0.505. The summed E-state index contributed by atoms with van der Waals surface area (Å²) in [7, 11) is 0. The van der Waals surface area contributed by atoms with E-state index in [1.54, 1.807) is 13.8 Å². The van der Waals surface area contributed by atoms with Gasteiger partial charge in [-0.05, 0) is 0 Å². The molecule has 0 aliphatic carbocycles. The quantitative estimate of drug-likeness (QED) is 0.300. The third-order valence-electron chi connectivity index (χ3n) is 2.76. The molecule has 0 fully saturated rings. The summed E-state index contributed by atoms with van der Waals surface area (Å²) >= 11 is 0. The van der Waals surface area contributed by atoms with Crippen LogP contribution in [0.3, 0.4) is 0 Å². The Morgan fingerprint density at radius 3 is 1.61 bits per heavy atom. The highest BCUT2D eigenvalue weighted by Gasteiger charge is 2.11. The van der Waals surface area contributed by atoms with Crippen molar-refractivity contribution in [2.45, 2.75) is 13.8 Å². The SMILES string of the molecule is C=CC(=O)OCCN(CCOC(=O)C=C)CCOC(=O)C(C)C. The number of esters is 3. The Morgan fingerprint density at radius 2 is 1.26 bits per heavy atom. The fraction of sp³-hybridized carbons (Fsp3) is 0.562. The summed E-state index contributed by atoms with van der Waals surface area (Å²) in [5.74, 6) is -1.48. The molecule has 0 aromatic carbocycles. The van der Waals surface area contributed by atoms with Gasteiger partial charge in [0, 0.05) is 31.8 Å². The third kappa shape index (κ3) is 11.1. The van der Waals surface area contributed by atoms with Crippen molar-refractivity contribution < 1.29 is 28.6 Å². The molecule has 0 unspecified atom stereocenters. The van der Waals surface area contributed by atoms with Gasteiger partial charge in [0.1, 0.15) is 19.8 Å². The smallest absolute Gasteiger partial charge is 0.330 e. The standard InChI is InChI=1S/C16H25NO6/c1-5-14(18)21-10-7-17(8-11-22-15(19)6-2)9-12-23-16(20)13(3)4/h5-6,13H,1-2,7-12H2,3-4H3. The summed E-state index contributed by atoms with van der Waals surface area (Å²) in [5, 5.41) is 0. The van der Waals surface area contributed by atoms with Gasteiger partial charge in [-0.15, -0.1) is 0 Å². The fourth-order valence-corrected chi connectivity index (χ4v) is 1.45. The second-order valence-corrected chi connectivity index (χ2v) is 4.91. The van der Waals surface area contributed by atoms with Gasteiger partial charge in [-0.2, -0.15) is 0 Å². The number of hydrogen-bond acceptors (Lipinski definition) is 7. The molecule has 0 saturated carbocycles. The highest BCUT2D eigenvalue weighted by atomic mass is 16.5. The topological polar surface area (TPSA) is 82.1 Å². The lowest BCUT2D eigenvalue weighted by molar-refractivity contribution is -0.147. The molecule has 0 aliphatic rings. The number of rotatable bonds is 12. The largest absolute Gasteiger partial charge is 0.464 e. The van der Waals surface area contributed by atoms with Gasteiger partial charge in [-0.25, -0.2) is 9.59 Å². The van der Waals surface area contributed by atoms with Gasteiger partial charge in [-0.1, -0.05) is 27.0 Å². The molecule has 0 rings (SSSR count). The molecule has 23 heavy (non-hydrogen) atoms. The molecule has 0 amide bonds. The van der Waals surface area contributed by atoms with Crippen molar-refractivity contribution in [3.8, 4) is 0 Å². The Morgan fingerprint density at radius 1 is 0.870 bits per heavy atom. The first-order valence-corrected chi connectivity index (χ1v) is 7.38. The van der Waals surface area contributed by atoms with Crippen LogP contribution in [0.25, 0.3) is 0 Å². The van der Waals surface area contributed by atoms with E-state index in [0.717, 1.165) is 12.2 Å². The summed E-state index contributed by atoms with van der Waals surface area (Å²) in [5.41, 5.74) is 0. The van der Waals surface area contributed by atoms with E-state index in [1.165, 1.54) is 0 Å². The van der Waals surface area contributed by atoms with Gasteiger partial charge in [0.15, 0.2) is 0 Å². The summed E-state index contributed by atoms with van der Waals surface area (Å²) in [6.07, 6.45) is 2.17. The highest BCUT2D eigenvalue weighted by Crippen LogP contribution is 1.97. The van der Waals surface area contributed by atoms with Gasteiger partial charge >= 0.3 is 17.9 Å². The maximum absolute atomic E-state index is 11.4. The van der Waals surface area contributed by atoms with Crippen LogP contribution in [0.15, 0.2) is 25.3 Å². The maximum Gasteiger partial charge on any atom is 0.330 e. The molecule has 0 atom stereocenters. The Balaban J connectivity index is 4.21. The molecule has 0 aliphatic heterocycles. The minimum Gasteiger partial charge on any atom is -0.464 e. The molecule has 0 spiro atoms. The van der Waals surface area contributed by atoms with Crippen LogP contribution in [0.1, 0.15) is 13.8 Å². The van der Waals surface area contributed by atoms with Crippen molar-refractivity contribution >= 4 is 17.9 Å². The van der Waals surface area contributed by atoms with Crippen LogP contribution in [0.5, 0.6) is 0 Å². The molecule has 0 radical (unpaired) electrons. The van der Waals surface area contributed by atoms with Crippen LogP contribution >= 0.6 is 0 Å². The molecule has 0 heterocycles. The van der Waals surface area contributed by atoms with Crippen LogP contribution in [0, 0.1) is 5.92 Å². The number of hydrogen-bond donors (Lipinski definition) is 0. The number of carbonyl (C=O) groups excluding carboxylic acids is 3. The van der Waals surface area contributed by atoms with E-state index in [2.05, 4.69) is 13.2 Å². The average molecular weight is 327 g/mol. The molecule has 7 nitrogen and oxygen atoms in total. The fourth-order valence-electron chi connectivity index (χ4n) is 1.45. The van der Waals surface area contributed by atoms with Crippen LogP contribution in [-0.2, 0) is 28.6 Å². The van der Waals surface area contributed by atoms with Crippen molar-refractivity contribution in [2.24, 2.45) is 5.92 Å². The first-order chi connectivity index (χ1) is 10.9. The van der Waals surface area contributed by atoms with Gasteiger partial charge in [0.25, 0.3) is 0 Å². The van der Waals surface area contributed by atoms with Crippen LogP contribution in [-0.4, -0.2) is 62.3 Å². The van der Waals surface area contributed by atoms with E-state index in [4.69, 9.17) is 14.2 Å². The molecule has 0 aromatic heterocycles. The van der Waals surface area contributed by atoms with E-state index in [9.17, 15) is 14.4 Å². The van der Waals surface area contributed by atoms with Gasteiger partial charge in [-0.3, -0.25) is 9.69 Å². The Hall–Kier alpha value is -2.15. The summed E-state index contributed by atoms with van der Waals surface area (Å²) in [6.45, 7) is 11.9. The van der Waals surface area contributed by atoms with Gasteiger partial charge in [0.2, 0.25) is 0 Å². The Labute approximate surface area is 136 Å². The van der Waals surface area contributed by atoms with Crippen molar-refractivity contribution in [3.63, 3.8) is 0 Å². The van der Waals surface area contributed by atoms with E-state index >= 15 is 0 Å². The van der Waals surface area contributed by atoms with Gasteiger partial charge < -0.3 is 14.2 Å². The lowest BCUT2D eigenvalue weighted by Gasteiger charge is -2.21. The lowest BCUT2D eigenvalue weighted by Crippen LogP contribution is -2.35. The average Bonchev–Trinajstić information content (AvgIpc) is 2.53. The number of ether oxygens (including phenoxy) is 3.